The van der Waals surface area contributed by atoms with Crippen LogP contribution in [0.3, 0.4) is 0 Å². The summed E-state index contributed by atoms with van der Waals surface area (Å²) in [4.78, 5) is 0. The van der Waals surface area contributed by atoms with Crippen molar-refractivity contribution in [1.29, 1.82) is 0 Å². The molecule has 0 spiro atoms. The Bertz CT molecular complexity index is 762. The Balaban J connectivity index is 2.04. The summed E-state index contributed by atoms with van der Waals surface area (Å²) in [5, 5.41) is 1.29. The van der Waals surface area contributed by atoms with Crippen molar-refractivity contribution in [3.05, 3.63) is 71.9 Å². The third-order valence-electron chi connectivity index (χ3n) is 3.65. The van der Waals surface area contributed by atoms with Crippen molar-refractivity contribution in [1.82, 2.24) is 4.57 Å². The number of allylic oxidation sites excluding steroid dienone is 1. The molecule has 4 rings (SSSR count). The standard InChI is InChI=1S/C17H13N/c1-2-9-16-14(5-1)11-12-18(16)17-10-4-7-13-6-3-8-15(13)17/h1-5,7-12H,6H2. The number of rotatable bonds is 1. The summed E-state index contributed by atoms with van der Waals surface area (Å²) in [6, 6.07) is 17.2. The molecule has 0 unspecified atom stereocenters. The van der Waals surface area contributed by atoms with Crippen molar-refractivity contribution in [2.75, 3.05) is 0 Å². The van der Waals surface area contributed by atoms with Gasteiger partial charge in [0, 0.05) is 11.8 Å². The molecular formula is C17H13N. The molecular weight excluding hydrogens is 218 g/mol. The zero-order valence-electron chi connectivity index (χ0n) is 10.0. The predicted octanol–water partition coefficient (Wildman–Crippen LogP) is 4.20. The van der Waals surface area contributed by atoms with Crippen molar-refractivity contribution in [3.63, 3.8) is 0 Å². The molecule has 1 heteroatoms. The molecule has 0 aliphatic heterocycles. The summed E-state index contributed by atoms with van der Waals surface area (Å²) in [5.74, 6) is 0. The van der Waals surface area contributed by atoms with Gasteiger partial charge in [-0.1, -0.05) is 42.5 Å². The van der Waals surface area contributed by atoms with E-state index in [9.17, 15) is 0 Å². The third-order valence-corrected chi connectivity index (χ3v) is 3.65. The normalized spacial score (nSPS) is 13.1. The van der Waals surface area contributed by atoms with E-state index < -0.39 is 0 Å². The minimum atomic E-state index is 1.06. The van der Waals surface area contributed by atoms with Crippen molar-refractivity contribution in [2.45, 2.75) is 6.42 Å². The molecule has 0 atom stereocenters. The van der Waals surface area contributed by atoms with Crippen LogP contribution < -0.4 is 0 Å². The number of aromatic nitrogens is 1. The van der Waals surface area contributed by atoms with Gasteiger partial charge in [0.05, 0.1) is 11.2 Å². The molecule has 1 heterocycles. The molecule has 86 valence electrons. The van der Waals surface area contributed by atoms with Crippen LogP contribution in [0.5, 0.6) is 0 Å². The number of para-hydroxylation sites is 1. The quantitative estimate of drug-likeness (QED) is 0.591. The Kier molecular flexibility index (Phi) is 1.95. The minimum absolute atomic E-state index is 1.06. The van der Waals surface area contributed by atoms with E-state index in [1.165, 1.54) is 27.7 Å². The van der Waals surface area contributed by atoms with Crippen LogP contribution in [0.2, 0.25) is 0 Å². The van der Waals surface area contributed by atoms with Gasteiger partial charge in [0.25, 0.3) is 0 Å². The van der Waals surface area contributed by atoms with Crippen LogP contribution in [0.15, 0.2) is 60.8 Å². The smallest absolute Gasteiger partial charge is 0.0530 e. The highest BCUT2D eigenvalue weighted by Crippen LogP contribution is 2.29. The largest absolute Gasteiger partial charge is 0.316 e. The summed E-state index contributed by atoms with van der Waals surface area (Å²) in [7, 11) is 0. The van der Waals surface area contributed by atoms with Crippen molar-refractivity contribution >= 4 is 17.0 Å². The summed E-state index contributed by atoms with van der Waals surface area (Å²) in [5.41, 5.74) is 5.33. The molecule has 18 heavy (non-hydrogen) atoms. The first-order valence-electron chi connectivity index (χ1n) is 6.28. The lowest BCUT2D eigenvalue weighted by Gasteiger charge is -2.10. The van der Waals surface area contributed by atoms with E-state index in [-0.39, 0.29) is 0 Å². The number of hydrogen-bond acceptors (Lipinski definition) is 0. The highest BCUT2D eigenvalue weighted by Gasteiger charge is 2.11. The lowest BCUT2D eigenvalue weighted by molar-refractivity contribution is 1.11. The van der Waals surface area contributed by atoms with E-state index in [0.29, 0.717) is 0 Å². The first kappa shape index (κ1) is 9.72. The Morgan fingerprint density at radius 1 is 0.889 bits per heavy atom. The lowest BCUT2D eigenvalue weighted by Crippen LogP contribution is -1.96. The molecule has 1 nitrogen and oxygen atoms in total. The molecule has 0 amide bonds. The van der Waals surface area contributed by atoms with Gasteiger partial charge in [-0.15, -0.1) is 0 Å². The van der Waals surface area contributed by atoms with Crippen LogP contribution in [0.1, 0.15) is 11.1 Å². The van der Waals surface area contributed by atoms with Crippen LogP contribution in [0.25, 0.3) is 22.7 Å². The molecule has 1 aliphatic rings. The number of fused-ring (bicyclic) bond motifs is 2. The highest BCUT2D eigenvalue weighted by atomic mass is 15.0. The van der Waals surface area contributed by atoms with E-state index in [1.807, 2.05) is 0 Å². The van der Waals surface area contributed by atoms with Crippen LogP contribution in [0, 0.1) is 0 Å². The van der Waals surface area contributed by atoms with Gasteiger partial charge in [-0.25, -0.2) is 0 Å². The van der Waals surface area contributed by atoms with Gasteiger partial charge in [-0.05, 0) is 35.6 Å². The van der Waals surface area contributed by atoms with Gasteiger partial charge in [-0.3, -0.25) is 0 Å². The van der Waals surface area contributed by atoms with Crippen LogP contribution in [-0.2, 0) is 6.42 Å². The average Bonchev–Trinajstić information content (AvgIpc) is 3.05. The fourth-order valence-electron chi connectivity index (χ4n) is 2.78. The zero-order chi connectivity index (χ0) is 11.9. The van der Waals surface area contributed by atoms with Gasteiger partial charge >= 0.3 is 0 Å². The maximum atomic E-state index is 2.28. The Morgan fingerprint density at radius 2 is 1.83 bits per heavy atom. The second-order valence-electron chi connectivity index (χ2n) is 4.70. The first-order valence-corrected chi connectivity index (χ1v) is 6.28. The monoisotopic (exact) mass is 231 g/mol. The Labute approximate surface area is 106 Å². The average molecular weight is 231 g/mol. The molecule has 0 radical (unpaired) electrons. The van der Waals surface area contributed by atoms with Crippen LogP contribution >= 0.6 is 0 Å². The van der Waals surface area contributed by atoms with Crippen LogP contribution in [0.4, 0.5) is 0 Å². The molecule has 1 aliphatic carbocycles. The maximum Gasteiger partial charge on any atom is 0.0530 e. The SMILES string of the molecule is C1=Cc2c(cccc2-n2ccc3ccccc32)C1. The van der Waals surface area contributed by atoms with Gasteiger partial charge in [0.1, 0.15) is 0 Å². The predicted molar refractivity (Wildman–Crippen MR) is 76.0 cm³/mol. The summed E-state index contributed by atoms with van der Waals surface area (Å²) < 4.78 is 2.28. The molecule has 1 aromatic heterocycles. The summed E-state index contributed by atoms with van der Waals surface area (Å²) in [6.45, 7) is 0. The van der Waals surface area contributed by atoms with E-state index in [0.717, 1.165) is 6.42 Å². The van der Waals surface area contributed by atoms with Gasteiger partial charge in [0.15, 0.2) is 0 Å². The van der Waals surface area contributed by atoms with E-state index in [1.54, 1.807) is 0 Å². The van der Waals surface area contributed by atoms with Crippen molar-refractivity contribution in [3.8, 4) is 5.69 Å². The molecule has 3 aromatic rings. The van der Waals surface area contributed by atoms with Crippen LogP contribution in [-0.4, -0.2) is 4.57 Å². The van der Waals surface area contributed by atoms with Gasteiger partial charge in [0.2, 0.25) is 0 Å². The van der Waals surface area contributed by atoms with Crippen molar-refractivity contribution in [2.24, 2.45) is 0 Å². The minimum Gasteiger partial charge on any atom is -0.316 e. The molecule has 0 bridgehead atoms. The number of hydrogen-bond donors (Lipinski definition) is 0. The van der Waals surface area contributed by atoms with Gasteiger partial charge < -0.3 is 4.57 Å². The second-order valence-corrected chi connectivity index (χ2v) is 4.70. The Morgan fingerprint density at radius 3 is 2.83 bits per heavy atom. The van der Waals surface area contributed by atoms with E-state index >= 15 is 0 Å². The van der Waals surface area contributed by atoms with Gasteiger partial charge in [-0.2, -0.15) is 0 Å². The third kappa shape index (κ3) is 1.28. The topological polar surface area (TPSA) is 4.93 Å². The van der Waals surface area contributed by atoms with Crippen molar-refractivity contribution < 1.29 is 0 Å². The Hall–Kier alpha value is -2.28. The van der Waals surface area contributed by atoms with E-state index in [2.05, 4.69) is 71.4 Å². The molecule has 0 saturated carbocycles. The highest BCUT2D eigenvalue weighted by molar-refractivity contribution is 5.83. The summed E-state index contributed by atoms with van der Waals surface area (Å²) in [6.07, 6.45) is 7.69. The lowest BCUT2D eigenvalue weighted by atomic mass is 10.1. The molecule has 0 saturated heterocycles. The zero-order valence-corrected chi connectivity index (χ0v) is 10.0. The second kappa shape index (κ2) is 3.61. The summed E-state index contributed by atoms with van der Waals surface area (Å²) >= 11 is 0. The molecule has 0 N–H and O–H groups in total. The maximum absolute atomic E-state index is 2.28. The fraction of sp³-hybridized carbons (Fsp3) is 0.0588. The molecule has 2 aromatic carbocycles. The molecule has 0 fully saturated rings. The fourth-order valence-corrected chi connectivity index (χ4v) is 2.78. The van der Waals surface area contributed by atoms with E-state index in [4.69, 9.17) is 0 Å². The number of nitrogens with zero attached hydrogens (tertiary/aromatic N) is 1. The first-order chi connectivity index (χ1) is 8.93. The number of benzene rings is 2.